The van der Waals surface area contributed by atoms with E-state index in [1.54, 1.807) is 12.1 Å². The lowest BCUT2D eigenvalue weighted by Crippen LogP contribution is -2.58. The summed E-state index contributed by atoms with van der Waals surface area (Å²) in [6.45, 7) is 6.69. The van der Waals surface area contributed by atoms with Crippen molar-refractivity contribution in [2.24, 2.45) is 0 Å². The molecule has 2 aliphatic rings. The van der Waals surface area contributed by atoms with Crippen molar-refractivity contribution in [3.8, 4) is 0 Å². The molecule has 0 radical (unpaired) electrons. The summed E-state index contributed by atoms with van der Waals surface area (Å²) in [5.41, 5.74) is 1.03. The summed E-state index contributed by atoms with van der Waals surface area (Å²) in [5.74, 6) is -0.195. The van der Waals surface area contributed by atoms with E-state index in [-0.39, 0.29) is 12.4 Å². The van der Waals surface area contributed by atoms with Gasteiger partial charge in [0.1, 0.15) is 5.82 Å². The van der Waals surface area contributed by atoms with Crippen molar-refractivity contribution in [2.75, 3.05) is 52.9 Å². The Kier molecular flexibility index (Phi) is 7.20. The molecule has 0 amide bonds. The third-order valence-corrected chi connectivity index (χ3v) is 5.78. The number of hydrogen-bond donors (Lipinski definition) is 1. The van der Waals surface area contributed by atoms with Gasteiger partial charge in [0.25, 0.3) is 0 Å². The Labute approximate surface area is 156 Å². The van der Waals surface area contributed by atoms with Crippen molar-refractivity contribution in [1.29, 1.82) is 0 Å². The van der Waals surface area contributed by atoms with Gasteiger partial charge in [-0.05, 0) is 57.1 Å². The summed E-state index contributed by atoms with van der Waals surface area (Å²) >= 11 is 0. The van der Waals surface area contributed by atoms with Crippen LogP contribution in [-0.4, -0.2) is 84.8 Å². The van der Waals surface area contributed by atoms with E-state index in [0.29, 0.717) is 12.1 Å². The molecule has 3 rings (SSSR count). The Balaban J connectivity index is 1.52. The van der Waals surface area contributed by atoms with Crippen molar-refractivity contribution < 1.29 is 9.50 Å². The standard InChI is InChI=1S/C21H32FN3O/c1-23-12-8-20(9-13-23)25-15-14-24(17-21(25)10-16-26)11-2-3-18-4-6-19(22)7-5-18/h2-7,20-21,26H,8-17H2,1H3. The van der Waals surface area contributed by atoms with Crippen LogP contribution in [0.25, 0.3) is 6.08 Å². The number of aliphatic hydroxyl groups excluding tert-OH is 1. The van der Waals surface area contributed by atoms with Crippen LogP contribution in [0.5, 0.6) is 0 Å². The smallest absolute Gasteiger partial charge is 0.123 e. The van der Waals surface area contributed by atoms with Crippen LogP contribution in [0.15, 0.2) is 30.3 Å². The molecule has 2 heterocycles. The van der Waals surface area contributed by atoms with E-state index in [0.717, 1.165) is 38.2 Å². The first-order chi connectivity index (χ1) is 12.7. The lowest BCUT2D eigenvalue weighted by atomic mass is 9.98. The monoisotopic (exact) mass is 361 g/mol. The Morgan fingerprint density at radius 2 is 1.85 bits per heavy atom. The van der Waals surface area contributed by atoms with Crippen LogP contribution in [-0.2, 0) is 0 Å². The maximum absolute atomic E-state index is 13.0. The van der Waals surface area contributed by atoms with Gasteiger partial charge in [0.2, 0.25) is 0 Å². The fourth-order valence-electron chi connectivity index (χ4n) is 4.22. The van der Waals surface area contributed by atoms with E-state index in [2.05, 4.69) is 33.9 Å². The van der Waals surface area contributed by atoms with Crippen molar-refractivity contribution >= 4 is 6.08 Å². The zero-order valence-corrected chi connectivity index (χ0v) is 15.9. The third kappa shape index (κ3) is 5.36. The van der Waals surface area contributed by atoms with Gasteiger partial charge in [0, 0.05) is 44.9 Å². The highest BCUT2D eigenvalue weighted by Crippen LogP contribution is 2.23. The third-order valence-electron chi connectivity index (χ3n) is 5.78. The second-order valence-corrected chi connectivity index (χ2v) is 7.65. The first-order valence-corrected chi connectivity index (χ1v) is 9.85. The number of aliphatic hydroxyl groups is 1. The molecule has 0 aliphatic carbocycles. The summed E-state index contributed by atoms with van der Waals surface area (Å²) in [7, 11) is 2.20. The van der Waals surface area contributed by atoms with Gasteiger partial charge in [-0.2, -0.15) is 0 Å². The molecule has 4 nitrogen and oxygen atoms in total. The topological polar surface area (TPSA) is 30.0 Å². The van der Waals surface area contributed by atoms with Crippen molar-refractivity contribution in [2.45, 2.75) is 31.3 Å². The van der Waals surface area contributed by atoms with Crippen LogP contribution in [0, 0.1) is 5.82 Å². The van der Waals surface area contributed by atoms with Gasteiger partial charge < -0.3 is 10.0 Å². The van der Waals surface area contributed by atoms with Gasteiger partial charge >= 0.3 is 0 Å². The molecule has 2 fully saturated rings. The van der Waals surface area contributed by atoms with Crippen LogP contribution >= 0.6 is 0 Å². The number of piperazine rings is 1. The number of likely N-dealkylation sites (tertiary alicyclic amines) is 1. The van der Waals surface area contributed by atoms with Gasteiger partial charge in [-0.1, -0.05) is 24.3 Å². The van der Waals surface area contributed by atoms with E-state index >= 15 is 0 Å². The first-order valence-electron chi connectivity index (χ1n) is 9.85. The highest BCUT2D eigenvalue weighted by atomic mass is 19.1. The van der Waals surface area contributed by atoms with Crippen molar-refractivity contribution in [1.82, 2.24) is 14.7 Å². The van der Waals surface area contributed by atoms with E-state index in [4.69, 9.17) is 0 Å². The van der Waals surface area contributed by atoms with Crippen LogP contribution in [0.1, 0.15) is 24.8 Å². The molecule has 0 spiro atoms. The molecular formula is C21H32FN3O. The maximum atomic E-state index is 13.0. The SMILES string of the molecule is CN1CCC(N2CCN(CC=Cc3ccc(F)cc3)CC2CCO)CC1. The summed E-state index contributed by atoms with van der Waals surface area (Å²) in [6, 6.07) is 7.71. The summed E-state index contributed by atoms with van der Waals surface area (Å²) in [6.07, 6.45) is 7.55. The minimum Gasteiger partial charge on any atom is -0.396 e. The van der Waals surface area contributed by atoms with Gasteiger partial charge in [-0.3, -0.25) is 9.80 Å². The Hall–Kier alpha value is -1.27. The first kappa shape index (κ1) is 19.5. The molecule has 0 saturated carbocycles. The van der Waals surface area contributed by atoms with Gasteiger partial charge in [-0.15, -0.1) is 0 Å². The Bertz CT molecular complexity index is 569. The zero-order valence-electron chi connectivity index (χ0n) is 15.9. The fraction of sp³-hybridized carbons (Fsp3) is 0.619. The molecule has 5 heteroatoms. The summed E-state index contributed by atoms with van der Waals surface area (Å²) in [4.78, 5) is 7.53. The molecule has 2 saturated heterocycles. The predicted octanol–water partition coefficient (Wildman–Crippen LogP) is 2.30. The van der Waals surface area contributed by atoms with Crippen molar-refractivity contribution in [3.05, 3.63) is 41.7 Å². The Morgan fingerprint density at radius 1 is 1.12 bits per heavy atom. The molecule has 1 aromatic rings. The van der Waals surface area contributed by atoms with Crippen LogP contribution in [0.2, 0.25) is 0 Å². The largest absolute Gasteiger partial charge is 0.396 e. The maximum Gasteiger partial charge on any atom is 0.123 e. The number of benzene rings is 1. The molecule has 1 aromatic carbocycles. The van der Waals surface area contributed by atoms with Crippen LogP contribution in [0.4, 0.5) is 4.39 Å². The normalized spacial score (nSPS) is 24.5. The van der Waals surface area contributed by atoms with Crippen LogP contribution in [0.3, 0.4) is 0 Å². The molecule has 0 bridgehead atoms. The quantitative estimate of drug-likeness (QED) is 0.842. The average molecular weight is 362 g/mol. The zero-order chi connectivity index (χ0) is 18.4. The van der Waals surface area contributed by atoms with E-state index in [9.17, 15) is 9.50 Å². The summed E-state index contributed by atoms with van der Waals surface area (Å²) < 4.78 is 13.0. The molecule has 0 aromatic heterocycles. The van der Waals surface area contributed by atoms with E-state index in [1.165, 1.54) is 38.1 Å². The van der Waals surface area contributed by atoms with Gasteiger partial charge in [0.15, 0.2) is 0 Å². The molecule has 2 aliphatic heterocycles. The molecule has 144 valence electrons. The van der Waals surface area contributed by atoms with Gasteiger partial charge in [-0.25, -0.2) is 4.39 Å². The average Bonchev–Trinajstić information content (AvgIpc) is 2.65. The van der Waals surface area contributed by atoms with E-state index < -0.39 is 0 Å². The highest BCUT2D eigenvalue weighted by molar-refractivity contribution is 5.48. The lowest BCUT2D eigenvalue weighted by Gasteiger charge is -2.47. The minimum absolute atomic E-state index is 0.195. The van der Waals surface area contributed by atoms with Crippen LogP contribution < -0.4 is 0 Å². The minimum atomic E-state index is -0.195. The molecule has 1 unspecified atom stereocenters. The number of piperidine rings is 1. The predicted molar refractivity (Wildman–Crippen MR) is 105 cm³/mol. The number of rotatable bonds is 6. The Morgan fingerprint density at radius 3 is 2.54 bits per heavy atom. The van der Waals surface area contributed by atoms with Crippen molar-refractivity contribution in [3.63, 3.8) is 0 Å². The molecular weight excluding hydrogens is 329 g/mol. The lowest BCUT2D eigenvalue weighted by molar-refractivity contribution is 0.0122. The molecule has 26 heavy (non-hydrogen) atoms. The fourth-order valence-corrected chi connectivity index (χ4v) is 4.22. The number of halogens is 1. The van der Waals surface area contributed by atoms with E-state index in [1.807, 2.05) is 0 Å². The number of nitrogens with zero attached hydrogens (tertiary/aromatic N) is 3. The summed E-state index contributed by atoms with van der Waals surface area (Å²) in [5, 5.41) is 9.51. The molecule has 1 N–H and O–H groups in total. The second kappa shape index (κ2) is 9.60. The van der Waals surface area contributed by atoms with Gasteiger partial charge in [0.05, 0.1) is 0 Å². The highest BCUT2D eigenvalue weighted by Gasteiger charge is 2.32. The molecule has 1 atom stereocenters. The second-order valence-electron chi connectivity index (χ2n) is 7.65. The number of hydrogen-bond acceptors (Lipinski definition) is 4.